The summed E-state index contributed by atoms with van der Waals surface area (Å²) in [5.74, 6) is -0.210. The summed E-state index contributed by atoms with van der Waals surface area (Å²) < 4.78 is 0. The summed E-state index contributed by atoms with van der Waals surface area (Å²) in [6.45, 7) is 3.79. The summed E-state index contributed by atoms with van der Waals surface area (Å²) in [5.41, 5.74) is -0.162. The largest absolute Gasteiger partial charge is 0.390 e. The van der Waals surface area contributed by atoms with Crippen molar-refractivity contribution in [2.24, 2.45) is 0 Å². The van der Waals surface area contributed by atoms with Crippen molar-refractivity contribution in [1.82, 2.24) is 24.7 Å². The van der Waals surface area contributed by atoms with E-state index in [1.165, 1.54) is 6.20 Å². The molecule has 1 amide bonds. The maximum atomic E-state index is 12.3. The second kappa shape index (κ2) is 7.48. The molecule has 0 bridgehead atoms. The molecule has 2 heterocycles. The molecule has 1 aromatic heterocycles. The molecular weight excluding hydrogens is 286 g/mol. The van der Waals surface area contributed by atoms with Gasteiger partial charge in [-0.2, -0.15) is 0 Å². The minimum Gasteiger partial charge on any atom is -0.390 e. The molecule has 1 atom stereocenters. The molecule has 122 valence electrons. The molecule has 8 nitrogen and oxygen atoms in total. The minimum atomic E-state index is -0.396. The van der Waals surface area contributed by atoms with Crippen molar-refractivity contribution in [2.75, 3.05) is 53.4 Å². The molecular formula is C14H23N5O3. The molecule has 0 radical (unpaired) electrons. The third-order valence-corrected chi connectivity index (χ3v) is 3.59. The Balaban J connectivity index is 1.84. The maximum Gasteiger partial charge on any atom is 0.272 e. The van der Waals surface area contributed by atoms with Crippen LogP contribution in [0, 0.1) is 0 Å². The van der Waals surface area contributed by atoms with E-state index in [0.29, 0.717) is 39.3 Å². The van der Waals surface area contributed by atoms with Crippen LogP contribution < -0.4 is 5.56 Å². The van der Waals surface area contributed by atoms with Gasteiger partial charge < -0.3 is 19.9 Å². The monoisotopic (exact) mass is 309 g/mol. The van der Waals surface area contributed by atoms with Gasteiger partial charge in [0.15, 0.2) is 0 Å². The number of aliphatic hydroxyl groups excluding tert-OH is 1. The number of piperazine rings is 1. The Morgan fingerprint density at radius 1 is 1.36 bits per heavy atom. The maximum absolute atomic E-state index is 12.3. The van der Waals surface area contributed by atoms with E-state index in [9.17, 15) is 14.7 Å². The number of nitrogens with one attached hydrogen (secondary N) is 1. The quantitative estimate of drug-likeness (QED) is 0.684. The van der Waals surface area contributed by atoms with Crippen LogP contribution in [0.25, 0.3) is 0 Å². The molecule has 2 rings (SSSR count). The van der Waals surface area contributed by atoms with Gasteiger partial charge in [-0.3, -0.25) is 19.5 Å². The number of amides is 1. The molecule has 2 N–H and O–H groups in total. The molecule has 1 aliphatic rings. The molecule has 0 aromatic carbocycles. The van der Waals surface area contributed by atoms with Crippen molar-refractivity contribution in [3.05, 3.63) is 28.4 Å². The molecule has 1 aliphatic heterocycles. The van der Waals surface area contributed by atoms with Crippen LogP contribution in [0.2, 0.25) is 0 Å². The minimum absolute atomic E-state index is 0.210. The van der Waals surface area contributed by atoms with Crippen LogP contribution in [0.3, 0.4) is 0 Å². The number of nitrogens with zero attached hydrogens (tertiary/aromatic N) is 4. The van der Waals surface area contributed by atoms with E-state index < -0.39 is 6.10 Å². The third kappa shape index (κ3) is 4.62. The Morgan fingerprint density at radius 3 is 2.64 bits per heavy atom. The highest BCUT2D eigenvalue weighted by atomic mass is 16.3. The third-order valence-electron chi connectivity index (χ3n) is 3.59. The number of carbonyl (C=O) groups is 1. The van der Waals surface area contributed by atoms with Crippen LogP contribution in [-0.2, 0) is 0 Å². The summed E-state index contributed by atoms with van der Waals surface area (Å²) in [7, 11) is 3.85. The van der Waals surface area contributed by atoms with E-state index in [-0.39, 0.29) is 17.2 Å². The van der Waals surface area contributed by atoms with Crippen LogP contribution in [0.15, 0.2) is 17.2 Å². The van der Waals surface area contributed by atoms with Gasteiger partial charge in [0.05, 0.1) is 18.5 Å². The molecule has 0 spiro atoms. The first-order chi connectivity index (χ1) is 10.5. The van der Waals surface area contributed by atoms with Gasteiger partial charge in [0.25, 0.3) is 11.5 Å². The lowest BCUT2D eigenvalue weighted by atomic mass is 10.2. The van der Waals surface area contributed by atoms with Crippen molar-refractivity contribution in [2.45, 2.75) is 6.10 Å². The molecule has 0 unspecified atom stereocenters. The summed E-state index contributed by atoms with van der Waals surface area (Å²) in [5, 5.41) is 9.94. The van der Waals surface area contributed by atoms with E-state index in [4.69, 9.17) is 0 Å². The van der Waals surface area contributed by atoms with Gasteiger partial charge in [-0.1, -0.05) is 0 Å². The highest BCUT2D eigenvalue weighted by Crippen LogP contribution is 2.06. The lowest BCUT2D eigenvalue weighted by Gasteiger charge is -2.35. The zero-order valence-corrected chi connectivity index (χ0v) is 13.0. The molecule has 1 aromatic rings. The first kappa shape index (κ1) is 16.6. The highest BCUT2D eigenvalue weighted by Gasteiger charge is 2.24. The molecule has 0 aliphatic carbocycles. The molecule has 1 saturated heterocycles. The summed E-state index contributed by atoms with van der Waals surface area (Å²) in [6, 6.07) is 0. The lowest BCUT2D eigenvalue weighted by molar-refractivity contribution is 0.0475. The predicted octanol–water partition coefficient (Wildman–Crippen LogP) is -1.55. The summed E-state index contributed by atoms with van der Waals surface area (Å²) >= 11 is 0. The van der Waals surface area contributed by atoms with Gasteiger partial charge in [-0.05, 0) is 14.1 Å². The van der Waals surface area contributed by atoms with E-state index in [1.54, 1.807) is 4.90 Å². The van der Waals surface area contributed by atoms with E-state index in [2.05, 4.69) is 14.9 Å². The SMILES string of the molecule is CN(C)C[C@@H](O)CN1CCN(C(=O)c2cncc(=O)[nH]2)CC1. The number of aromatic amines is 1. The van der Waals surface area contributed by atoms with Gasteiger partial charge in [0, 0.05) is 39.3 Å². The van der Waals surface area contributed by atoms with Crippen molar-refractivity contribution in [1.29, 1.82) is 0 Å². The topological polar surface area (TPSA) is 92.8 Å². The molecule has 1 fully saturated rings. The normalized spacial score (nSPS) is 17.7. The van der Waals surface area contributed by atoms with Crippen LogP contribution in [-0.4, -0.2) is 95.1 Å². The van der Waals surface area contributed by atoms with Gasteiger partial charge in [-0.15, -0.1) is 0 Å². The second-order valence-electron chi connectivity index (χ2n) is 5.82. The molecule has 8 heteroatoms. The Kier molecular flexibility index (Phi) is 5.64. The Bertz CT molecular complexity index is 551. The summed E-state index contributed by atoms with van der Waals surface area (Å²) in [4.78, 5) is 35.5. The van der Waals surface area contributed by atoms with E-state index >= 15 is 0 Å². The number of aromatic nitrogens is 2. The number of H-pyrrole nitrogens is 1. The molecule has 0 saturated carbocycles. The zero-order valence-electron chi connectivity index (χ0n) is 13.0. The second-order valence-corrected chi connectivity index (χ2v) is 5.82. The fraction of sp³-hybridized carbons (Fsp3) is 0.643. The Hall–Kier alpha value is -1.77. The van der Waals surface area contributed by atoms with Gasteiger partial charge in [0.1, 0.15) is 5.69 Å². The number of aliphatic hydroxyl groups is 1. The summed E-state index contributed by atoms with van der Waals surface area (Å²) in [6.07, 6.45) is 2.12. The van der Waals surface area contributed by atoms with Crippen molar-refractivity contribution >= 4 is 5.91 Å². The average Bonchev–Trinajstić information content (AvgIpc) is 2.46. The lowest BCUT2D eigenvalue weighted by Crippen LogP contribution is -2.51. The highest BCUT2D eigenvalue weighted by molar-refractivity contribution is 5.92. The zero-order chi connectivity index (χ0) is 16.1. The number of β-amino-alcohol motifs (C(OH)–C–C–N with tert-alkyl or cyclic N) is 1. The van der Waals surface area contributed by atoms with Crippen LogP contribution in [0.5, 0.6) is 0 Å². The number of hydrogen-bond acceptors (Lipinski definition) is 6. The predicted molar refractivity (Wildman–Crippen MR) is 81.8 cm³/mol. The van der Waals surface area contributed by atoms with E-state index in [1.807, 2.05) is 19.0 Å². The number of rotatable bonds is 5. The first-order valence-corrected chi connectivity index (χ1v) is 7.34. The molecule has 22 heavy (non-hydrogen) atoms. The Labute approximate surface area is 129 Å². The standard InChI is InChI=1S/C14H23N5O3/c1-17(2)9-11(20)10-18-3-5-19(6-4-18)14(22)12-7-15-8-13(21)16-12/h7-8,11,20H,3-6,9-10H2,1-2H3,(H,16,21)/t11-/m1/s1. The van der Waals surface area contributed by atoms with Crippen molar-refractivity contribution < 1.29 is 9.90 Å². The van der Waals surface area contributed by atoms with Crippen LogP contribution >= 0.6 is 0 Å². The van der Waals surface area contributed by atoms with E-state index in [0.717, 1.165) is 6.20 Å². The average molecular weight is 309 g/mol. The Morgan fingerprint density at radius 2 is 2.05 bits per heavy atom. The number of carbonyl (C=O) groups excluding carboxylic acids is 1. The van der Waals surface area contributed by atoms with Gasteiger partial charge in [-0.25, -0.2) is 0 Å². The fourth-order valence-corrected chi connectivity index (χ4v) is 2.57. The van der Waals surface area contributed by atoms with Crippen LogP contribution in [0.4, 0.5) is 0 Å². The van der Waals surface area contributed by atoms with Gasteiger partial charge in [0.2, 0.25) is 0 Å². The van der Waals surface area contributed by atoms with Crippen LogP contribution in [0.1, 0.15) is 10.5 Å². The fourth-order valence-electron chi connectivity index (χ4n) is 2.57. The number of likely N-dealkylation sites (N-methyl/N-ethyl adjacent to an activating group) is 1. The van der Waals surface area contributed by atoms with Gasteiger partial charge >= 0.3 is 0 Å². The van der Waals surface area contributed by atoms with Crippen molar-refractivity contribution in [3.63, 3.8) is 0 Å². The smallest absolute Gasteiger partial charge is 0.272 e. The number of hydrogen-bond donors (Lipinski definition) is 2. The first-order valence-electron chi connectivity index (χ1n) is 7.34. The van der Waals surface area contributed by atoms with Crippen molar-refractivity contribution in [3.8, 4) is 0 Å².